The molecule has 4 N–H and O–H groups in total. The van der Waals surface area contributed by atoms with Crippen molar-refractivity contribution in [3.8, 4) is 0 Å². The van der Waals surface area contributed by atoms with Gasteiger partial charge in [0.15, 0.2) is 0 Å². The first-order valence-electron chi connectivity index (χ1n) is 9.29. The fourth-order valence-corrected chi connectivity index (χ4v) is 3.00. The third-order valence-electron chi connectivity index (χ3n) is 4.46. The van der Waals surface area contributed by atoms with E-state index in [1.807, 2.05) is 0 Å². The normalized spacial score (nSPS) is 19.9. The highest BCUT2D eigenvalue weighted by molar-refractivity contribution is 5.95. The lowest BCUT2D eigenvalue weighted by Gasteiger charge is -2.35. The summed E-state index contributed by atoms with van der Waals surface area (Å²) in [4.78, 5) is 60.3. The molecule has 0 aliphatic carbocycles. The van der Waals surface area contributed by atoms with Crippen molar-refractivity contribution in [2.24, 2.45) is 0 Å². The number of likely N-dealkylation sites (tertiary alicyclic amines) is 1. The molecule has 0 aromatic carbocycles. The zero-order valence-corrected chi connectivity index (χ0v) is 17.1. The summed E-state index contributed by atoms with van der Waals surface area (Å²) in [6.07, 6.45) is -0.635. The molecule has 2 atom stereocenters. The van der Waals surface area contributed by atoms with Gasteiger partial charge in [-0.15, -0.1) is 0 Å². The number of amides is 3. The van der Waals surface area contributed by atoms with Crippen LogP contribution in [0.4, 0.5) is 4.79 Å². The monoisotopic (exact) mass is 415 g/mol. The Morgan fingerprint density at radius 1 is 1.17 bits per heavy atom. The van der Waals surface area contributed by atoms with E-state index in [0.29, 0.717) is 12.8 Å². The van der Waals surface area contributed by atoms with Gasteiger partial charge in [0.2, 0.25) is 11.8 Å². The Kier molecular flexibility index (Phi) is 7.98. The van der Waals surface area contributed by atoms with Gasteiger partial charge in [-0.2, -0.15) is 0 Å². The molecule has 0 saturated carbocycles. The summed E-state index contributed by atoms with van der Waals surface area (Å²) in [6, 6.07) is -1.38. The molecule has 1 rings (SSSR count). The van der Waals surface area contributed by atoms with Crippen LogP contribution in [0, 0.1) is 0 Å². The predicted octanol–water partition coefficient (Wildman–Crippen LogP) is 0.326. The topological polar surface area (TPSA) is 162 Å². The maximum atomic E-state index is 12.7. The third kappa shape index (κ3) is 7.24. The fourth-order valence-electron chi connectivity index (χ4n) is 3.00. The van der Waals surface area contributed by atoms with Crippen molar-refractivity contribution in [2.75, 3.05) is 13.1 Å². The van der Waals surface area contributed by atoms with Crippen LogP contribution in [0.15, 0.2) is 0 Å². The Balaban J connectivity index is 2.76. The quantitative estimate of drug-likeness (QED) is 0.441. The van der Waals surface area contributed by atoms with Crippen molar-refractivity contribution >= 4 is 29.8 Å². The van der Waals surface area contributed by atoms with E-state index in [4.69, 9.17) is 9.84 Å². The van der Waals surface area contributed by atoms with E-state index >= 15 is 0 Å². The summed E-state index contributed by atoms with van der Waals surface area (Å²) < 4.78 is 5.06. The van der Waals surface area contributed by atoms with E-state index in [-0.39, 0.29) is 19.5 Å². The number of hydrogen-bond acceptors (Lipinski definition) is 6. The maximum Gasteiger partial charge on any atom is 0.408 e. The van der Waals surface area contributed by atoms with Crippen molar-refractivity contribution in [3.05, 3.63) is 0 Å². The highest BCUT2D eigenvalue weighted by Gasteiger charge is 2.46. The lowest BCUT2D eigenvalue weighted by Crippen LogP contribution is -2.59. The SMILES string of the molecule is CC(C)(C)OC(=O)NCC(=O)N1CCC[C@@]1(C)C(=O)N[C@H](CCC(=O)O)C(=O)O. The molecule has 29 heavy (non-hydrogen) atoms. The third-order valence-corrected chi connectivity index (χ3v) is 4.46. The number of rotatable bonds is 8. The summed E-state index contributed by atoms with van der Waals surface area (Å²) in [5.74, 6) is -3.73. The summed E-state index contributed by atoms with van der Waals surface area (Å²) in [6.45, 7) is 6.44. The van der Waals surface area contributed by atoms with Crippen LogP contribution >= 0.6 is 0 Å². The average molecular weight is 415 g/mol. The van der Waals surface area contributed by atoms with Crippen LogP contribution in [-0.4, -0.2) is 75.2 Å². The molecule has 3 amide bonds. The number of aliphatic carboxylic acids is 2. The summed E-state index contributed by atoms with van der Waals surface area (Å²) in [5.41, 5.74) is -2.03. The number of nitrogens with zero attached hydrogens (tertiary/aromatic N) is 1. The molecule has 11 heteroatoms. The minimum Gasteiger partial charge on any atom is -0.481 e. The van der Waals surface area contributed by atoms with E-state index in [0.717, 1.165) is 0 Å². The second-order valence-electron chi connectivity index (χ2n) is 8.07. The van der Waals surface area contributed by atoms with Crippen molar-refractivity contribution in [2.45, 2.75) is 70.6 Å². The summed E-state index contributed by atoms with van der Waals surface area (Å²) >= 11 is 0. The first-order chi connectivity index (χ1) is 13.3. The van der Waals surface area contributed by atoms with Gasteiger partial charge >= 0.3 is 18.0 Å². The van der Waals surface area contributed by atoms with Gasteiger partial charge in [0.25, 0.3) is 0 Å². The van der Waals surface area contributed by atoms with Crippen LogP contribution in [0.25, 0.3) is 0 Å². The Morgan fingerprint density at radius 2 is 1.79 bits per heavy atom. The number of carbonyl (C=O) groups excluding carboxylic acids is 3. The Hall–Kier alpha value is -2.85. The molecule has 1 saturated heterocycles. The van der Waals surface area contributed by atoms with Gasteiger partial charge in [0, 0.05) is 13.0 Å². The van der Waals surface area contributed by atoms with Crippen LogP contribution in [0.5, 0.6) is 0 Å². The molecule has 0 bridgehead atoms. The number of ether oxygens (including phenoxy) is 1. The second-order valence-corrected chi connectivity index (χ2v) is 8.07. The number of carboxylic acids is 2. The smallest absolute Gasteiger partial charge is 0.408 e. The van der Waals surface area contributed by atoms with Gasteiger partial charge in [-0.3, -0.25) is 14.4 Å². The van der Waals surface area contributed by atoms with Crippen LogP contribution < -0.4 is 10.6 Å². The van der Waals surface area contributed by atoms with Crippen molar-refractivity contribution < 1.29 is 38.9 Å². The standard InChI is InChI=1S/C18H29N3O8/c1-17(2,3)29-16(28)19-10-12(22)21-9-5-8-18(21,4)15(27)20-11(14(25)26)6-7-13(23)24/h11H,5-10H2,1-4H3,(H,19,28)(H,20,27)(H,23,24)(H,25,26)/t11-,18+/m1/s1. The van der Waals surface area contributed by atoms with Crippen molar-refractivity contribution in [1.82, 2.24) is 15.5 Å². The van der Waals surface area contributed by atoms with Crippen LogP contribution in [0.1, 0.15) is 53.4 Å². The van der Waals surface area contributed by atoms with Crippen LogP contribution in [0.3, 0.4) is 0 Å². The Morgan fingerprint density at radius 3 is 2.31 bits per heavy atom. The molecule has 0 radical (unpaired) electrons. The second kappa shape index (κ2) is 9.57. The summed E-state index contributed by atoms with van der Waals surface area (Å²) in [5, 5.41) is 22.6. The molecule has 0 spiro atoms. The molecule has 0 aromatic rings. The number of nitrogens with one attached hydrogen (secondary N) is 2. The minimum absolute atomic E-state index is 0.269. The molecule has 1 heterocycles. The van der Waals surface area contributed by atoms with Gasteiger partial charge in [0.1, 0.15) is 23.7 Å². The zero-order valence-electron chi connectivity index (χ0n) is 17.1. The number of carbonyl (C=O) groups is 5. The molecule has 1 aliphatic heterocycles. The Labute approximate surface area is 168 Å². The first-order valence-corrected chi connectivity index (χ1v) is 9.29. The zero-order chi connectivity index (χ0) is 22.4. The predicted molar refractivity (Wildman–Crippen MR) is 100 cm³/mol. The van der Waals surface area contributed by atoms with E-state index in [1.54, 1.807) is 20.8 Å². The van der Waals surface area contributed by atoms with Crippen LogP contribution in [-0.2, 0) is 23.9 Å². The first kappa shape index (κ1) is 24.2. The number of alkyl carbamates (subject to hydrolysis) is 1. The molecular formula is C18H29N3O8. The lowest BCUT2D eigenvalue weighted by molar-refractivity contribution is -0.147. The average Bonchev–Trinajstić information content (AvgIpc) is 2.97. The number of hydrogen-bond donors (Lipinski definition) is 4. The van der Waals surface area contributed by atoms with Gasteiger partial charge in [-0.05, 0) is 47.0 Å². The molecule has 11 nitrogen and oxygen atoms in total. The van der Waals surface area contributed by atoms with Crippen molar-refractivity contribution in [3.63, 3.8) is 0 Å². The molecule has 0 aromatic heterocycles. The molecule has 1 aliphatic rings. The van der Waals surface area contributed by atoms with E-state index in [1.165, 1.54) is 11.8 Å². The summed E-state index contributed by atoms with van der Waals surface area (Å²) in [7, 11) is 0. The molecule has 1 fully saturated rings. The van der Waals surface area contributed by atoms with Crippen molar-refractivity contribution in [1.29, 1.82) is 0 Å². The molecule has 0 unspecified atom stereocenters. The molecular weight excluding hydrogens is 386 g/mol. The van der Waals surface area contributed by atoms with Gasteiger partial charge in [-0.1, -0.05) is 0 Å². The minimum atomic E-state index is -1.38. The van der Waals surface area contributed by atoms with Crippen LogP contribution in [0.2, 0.25) is 0 Å². The fraction of sp³-hybridized carbons (Fsp3) is 0.722. The maximum absolute atomic E-state index is 12.7. The Bertz CT molecular complexity index is 673. The van der Waals surface area contributed by atoms with E-state index < -0.39 is 53.4 Å². The highest BCUT2D eigenvalue weighted by Crippen LogP contribution is 2.29. The molecule has 164 valence electrons. The lowest BCUT2D eigenvalue weighted by atomic mass is 9.96. The van der Waals surface area contributed by atoms with E-state index in [9.17, 15) is 29.1 Å². The largest absolute Gasteiger partial charge is 0.481 e. The number of carboxylic acid groups (broad SMARTS) is 2. The van der Waals surface area contributed by atoms with Gasteiger partial charge in [-0.25, -0.2) is 9.59 Å². The van der Waals surface area contributed by atoms with Gasteiger partial charge < -0.3 is 30.5 Å². The van der Waals surface area contributed by atoms with Gasteiger partial charge in [0.05, 0.1) is 0 Å². The highest BCUT2D eigenvalue weighted by atomic mass is 16.6. The van der Waals surface area contributed by atoms with E-state index in [2.05, 4.69) is 10.6 Å².